The lowest BCUT2D eigenvalue weighted by Gasteiger charge is -2.12. The highest BCUT2D eigenvalue weighted by atomic mass is 16.5. The van der Waals surface area contributed by atoms with Gasteiger partial charge in [-0.2, -0.15) is 0 Å². The summed E-state index contributed by atoms with van der Waals surface area (Å²) in [6.07, 6.45) is 2.75. The topological polar surface area (TPSA) is 64.4 Å². The van der Waals surface area contributed by atoms with Gasteiger partial charge in [0, 0.05) is 12.8 Å². The Kier molecular flexibility index (Phi) is 6.39. The van der Waals surface area contributed by atoms with Crippen molar-refractivity contribution in [3.8, 4) is 0 Å². The summed E-state index contributed by atoms with van der Waals surface area (Å²) in [7, 11) is 1.66. The molecule has 0 saturated heterocycles. The molecule has 4 heteroatoms. The third-order valence-corrected chi connectivity index (χ3v) is 2.74. The summed E-state index contributed by atoms with van der Waals surface area (Å²) in [5.74, 6) is -0.122. The van der Waals surface area contributed by atoms with Crippen LogP contribution in [0.1, 0.15) is 31.7 Å². The number of benzene rings is 1. The predicted octanol–water partition coefficient (Wildman–Crippen LogP) is 2.29. The molecular weight excluding hydrogens is 228 g/mol. The molecule has 1 amide bonds. The molecule has 0 bridgehead atoms. The van der Waals surface area contributed by atoms with Crippen molar-refractivity contribution in [1.82, 2.24) is 0 Å². The Balaban J connectivity index is 2.48. The van der Waals surface area contributed by atoms with E-state index in [1.807, 2.05) is 24.3 Å². The largest absolute Gasteiger partial charge is 0.380 e. The molecule has 4 nitrogen and oxygen atoms in total. The maximum atomic E-state index is 11.8. The fraction of sp³-hybridized carbons (Fsp3) is 0.500. The van der Waals surface area contributed by atoms with Crippen molar-refractivity contribution < 1.29 is 9.53 Å². The van der Waals surface area contributed by atoms with Gasteiger partial charge in [0.2, 0.25) is 5.91 Å². The average Bonchev–Trinajstić information content (AvgIpc) is 2.38. The summed E-state index contributed by atoms with van der Waals surface area (Å²) in [6, 6.07) is 7.15. The zero-order valence-corrected chi connectivity index (χ0v) is 11.1. The van der Waals surface area contributed by atoms with Gasteiger partial charge < -0.3 is 15.8 Å². The Hall–Kier alpha value is -1.39. The number of unbranched alkanes of at least 4 members (excludes halogenated alkanes) is 1. The van der Waals surface area contributed by atoms with Gasteiger partial charge in [0.15, 0.2) is 0 Å². The van der Waals surface area contributed by atoms with E-state index in [1.54, 1.807) is 7.11 Å². The summed E-state index contributed by atoms with van der Waals surface area (Å²) in [5.41, 5.74) is 7.64. The van der Waals surface area contributed by atoms with Crippen LogP contribution in [-0.4, -0.2) is 19.1 Å². The molecule has 0 radical (unpaired) electrons. The monoisotopic (exact) mass is 250 g/mol. The highest BCUT2D eigenvalue weighted by molar-refractivity contribution is 5.94. The highest BCUT2D eigenvalue weighted by Crippen LogP contribution is 2.11. The number of anilines is 1. The van der Waals surface area contributed by atoms with Gasteiger partial charge in [-0.25, -0.2) is 0 Å². The Morgan fingerprint density at radius 1 is 1.39 bits per heavy atom. The van der Waals surface area contributed by atoms with Gasteiger partial charge in [0.25, 0.3) is 0 Å². The summed E-state index contributed by atoms with van der Waals surface area (Å²) in [4.78, 5) is 11.8. The molecule has 1 atom stereocenters. The third kappa shape index (κ3) is 4.85. The van der Waals surface area contributed by atoms with E-state index in [0.717, 1.165) is 30.5 Å². The number of methoxy groups -OCH3 is 1. The van der Waals surface area contributed by atoms with Crippen LogP contribution in [0.5, 0.6) is 0 Å². The number of carbonyl (C=O) groups excluding carboxylic acids is 1. The van der Waals surface area contributed by atoms with Gasteiger partial charge in [0.05, 0.1) is 12.6 Å². The molecule has 3 N–H and O–H groups in total. The van der Waals surface area contributed by atoms with Gasteiger partial charge >= 0.3 is 0 Å². The first-order valence-electron chi connectivity index (χ1n) is 6.31. The summed E-state index contributed by atoms with van der Waals surface area (Å²) in [6.45, 7) is 2.66. The van der Waals surface area contributed by atoms with E-state index < -0.39 is 6.04 Å². The van der Waals surface area contributed by atoms with Crippen molar-refractivity contribution in [3.05, 3.63) is 29.8 Å². The molecule has 0 saturated carbocycles. The number of carbonyl (C=O) groups is 1. The van der Waals surface area contributed by atoms with Crippen molar-refractivity contribution in [1.29, 1.82) is 0 Å². The SMILES string of the molecule is CCCC[C@H](N)C(=O)Nc1ccc(COC)cc1. The Morgan fingerprint density at radius 2 is 2.06 bits per heavy atom. The van der Waals surface area contributed by atoms with E-state index in [-0.39, 0.29) is 5.91 Å². The second-order valence-corrected chi connectivity index (χ2v) is 4.37. The highest BCUT2D eigenvalue weighted by Gasteiger charge is 2.12. The lowest BCUT2D eigenvalue weighted by molar-refractivity contribution is -0.117. The van der Waals surface area contributed by atoms with Crippen LogP contribution in [0.15, 0.2) is 24.3 Å². The van der Waals surface area contributed by atoms with Crippen LogP contribution in [-0.2, 0) is 16.1 Å². The van der Waals surface area contributed by atoms with Crippen molar-refractivity contribution in [3.63, 3.8) is 0 Å². The van der Waals surface area contributed by atoms with E-state index in [4.69, 9.17) is 10.5 Å². The van der Waals surface area contributed by atoms with Crippen molar-refractivity contribution in [2.24, 2.45) is 5.73 Å². The van der Waals surface area contributed by atoms with E-state index in [2.05, 4.69) is 12.2 Å². The molecule has 0 aliphatic carbocycles. The predicted molar refractivity (Wildman–Crippen MR) is 73.3 cm³/mol. The number of ether oxygens (including phenoxy) is 1. The number of rotatable bonds is 7. The number of nitrogens with one attached hydrogen (secondary N) is 1. The Bertz CT molecular complexity index is 363. The van der Waals surface area contributed by atoms with Gasteiger partial charge in [-0.05, 0) is 24.1 Å². The van der Waals surface area contributed by atoms with Gasteiger partial charge in [-0.15, -0.1) is 0 Å². The fourth-order valence-corrected chi connectivity index (χ4v) is 1.64. The molecule has 0 aliphatic heterocycles. The van der Waals surface area contributed by atoms with Crippen molar-refractivity contribution >= 4 is 11.6 Å². The van der Waals surface area contributed by atoms with Crippen molar-refractivity contribution in [2.45, 2.75) is 38.8 Å². The van der Waals surface area contributed by atoms with Crippen LogP contribution in [0, 0.1) is 0 Å². The second-order valence-electron chi connectivity index (χ2n) is 4.37. The number of hydrogen-bond acceptors (Lipinski definition) is 3. The maximum Gasteiger partial charge on any atom is 0.241 e. The van der Waals surface area contributed by atoms with Crippen LogP contribution < -0.4 is 11.1 Å². The summed E-state index contributed by atoms with van der Waals surface area (Å²) < 4.78 is 5.02. The second kappa shape index (κ2) is 7.84. The molecule has 1 aromatic rings. The molecule has 0 spiro atoms. The van der Waals surface area contributed by atoms with Gasteiger partial charge in [-0.1, -0.05) is 31.9 Å². The number of nitrogens with two attached hydrogens (primary N) is 1. The van der Waals surface area contributed by atoms with Crippen LogP contribution in [0.2, 0.25) is 0 Å². The molecule has 0 fully saturated rings. The first-order valence-corrected chi connectivity index (χ1v) is 6.31. The standard InChI is InChI=1S/C14H22N2O2/c1-3-4-5-13(15)14(17)16-12-8-6-11(7-9-12)10-18-2/h6-9,13H,3-5,10,15H2,1-2H3,(H,16,17)/t13-/m0/s1. The normalized spacial score (nSPS) is 12.2. The van der Waals surface area contributed by atoms with Crippen LogP contribution in [0.25, 0.3) is 0 Å². The Morgan fingerprint density at radius 3 is 2.61 bits per heavy atom. The molecular formula is C14H22N2O2. The molecule has 18 heavy (non-hydrogen) atoms. The molecule has 100 valence electrons. The minimum absolute atomic E-state index is 0.122. The molecule has 0 aliphatic rings. The van der Waals surface area contributed by atoms with E-state index in [0.29, 0.717) is 6.61 Å². The summed E-state index contributed by atoms with van der Waals surface area (Å²) >= 11 is 0. The third-order valence-electron chi connectivity index (χ3n) is 2.74. The Labute approximate surface area is 109 Å². The molecule has 0 unspecified atom stereocenters. The van der Waals surface area contributed by atoms with Crippen LogP contribution in [0.3, 0.4) is 0 Å². The average molecular weight is 250 g/mol. The van der Waals surface area contributed by atoms with E-state index in [1.165, 1.54) is 0 Å². The molecule has 0 heterocycles. The first kappa shape index (κ1) is 14.7. The van der Waals surface area contributed by atoms with E-state index in [9.17, 15) is 4.79 Å². The quantitative estimate of drug-likeness (QED) is 0.780. The van der Waals surface area contributed by atoms with Gasteiger partial charge in [0.1, 0.15) is 0 Å². The van der Waals surface area contributed by atoms with E-state index >= 15 is 0 Å². The molecule has 1 rings (SSSR count). The van der Waals surface area contributed by atoms with Gasteiger partial charge in [-0.3, -0.25) is 4.79 Å². The maximum absolute atomic E-state index is 11.8. The fourth-order valence-electron chi connectivity index (χ4n) is 1.64. The zero-order valence-electron chi connectivity index (χ0n) is 11.1. The zero-order chi connectivity index (χ0) is 13.4. The lowest BCUT2D eigenvalue weighted by Crippen LogP contribution is -2.35. The minimum atomic E-state index is -0.427. The molecule has 0 aromatic heterocycles. The first-order chi connectivity index (χ1) is 8.67. The van der Waals surface area contributed by atoms with Crippen LogP contribution in [0.4, 0.5) is 5.69 Å². The summed E-state index contributed by atoms with van der Waals surface area (Å²) in [5, 5.41) is 2.82. The smallest absolute Gasteiger partial charge is 0.241 e. The lowest BCUT2D eigenvalue weighted by atomic mass is 10.1. The van der Waals surface area contributed by atoms with Crippen LogP contribution >= 0.6 is 0 Å². The van der Waals surface area contributed by atoms with Crippen molar-refractivity contribution in [2.75, 3.05) is 12.4 Å². The number of hydrogen-bond donors (Lipinski definition) is 2. The molecule has 1 aromatic carbocycles. The number of amides is 1. The minimum Gasteiger partial charge on any atom is -0.380 e.